The van der Waals surface area contributed by atoms with Crippen LogP contribution in [0.5, 0.6) is 17.2 Å². The molecule has 6 heteroatoms. The highest BCUT2D eigenvalue weighted by Gasteiger charge is 2.18. The van der Waals surface area contributed by atoms with E-state index in [9.17, 15) is 13.5 Å². The number of benzene rings is 3. The molecule has 3 aromatic rings. The number of phenolic OH excluding ortho intramolecular Hbond substituents is 1. The molecule has 3 aromatic carbocycles. The maximum Gasteiger partial charge on any atom is 0.206 e. The van der Waals surface area contributed by atoms with Crippen LogP contribution in [-0.2, 0) is 9.84 Å². The van der Waals surface area contributed by atoms with E-state index in [1.165, 1.54) is 30.7 Å². The molecule has 0 aromatic heterocycles. The van der Waals surface area contributed by atoms with Crippen molar-refractivity contribution in [1.82, 2.24) is 0 Å². The normalized spacial score (nSPS) is 9.52. The van der Waals surface area contributed by atoms with Crippen molar-refractivity contribution in [2.24, 2.45) is 0 Å². The van der Waals surface area contributed by atoms with Crippen molar-refractivity contribution in [3.05, 3.63) is 77.9 Å². The topological polar surface area (TPSA) is 87.4 Å². The summed E-state index contributed by atoms with van der Waals surface area (Å²) >= 11 is 0. The third-order valence-corrected chi connectivity index (χ3v) is 5.56. The Labute approximate surface area is 199 Å². The number of sulfone groups is 1. The van der Waals surface area contributed by atoms with E-state index in [-0.39, 0.29) is 32.6 Å². The van der Waals surface area contributed by atoms with E-state index >= 15 is 0 Å². The number of aryl methyl sites for hydroxylation is 1. The first-order valence-electron chi connectivity index (χ1n) is 11.1. The fourth-order valence-corrected chi connectivity index (χ4v) is 3.70. The molecule has 0 saturated carbocycles. The Balaban J connectivity index is 0.00000132. The van der Waals surface area contributed by atoms with Gasteiger partial charge in [-0.2, -0.15) is 5.26 Å². The van der Waals surface area contributed by atoms with Gasteiger partial charge < -0.3 is 9.84 Å². The summed E-state index contributed by atoms with van der Waals surface area (Å²) in [5.74, 6) is 0.200. The van der Waals surface area contributed by atoms with Crippen molar-refractivity contribution < 1.29 is 18.3 Å². The molecular weight excluding hydrogens is 434 g/mol. The van der Waals surface area contributed by atoms with Crippen LogP contribution in [0.15, 0.2) is 76.5 Å². The Morgan fingerprint density at radius 3 is 1.97 bits per heavy atom. The summed E-state index contributed by atoms with van der Waals surface area (Å²) < 4.78 is 31.2. The van der Waals surface area contributed by atoms with Crippen LogP contribution < -0.4 is 4.74 Å². The summed E-state index contributed by atoms with van der Waals surface area (Å²) in [6.45, 7) is 14.1. The van der Waals surface area contributed by atoms with Crippen LogP contribution in [0.25, 0.3) is 0 Å². The fraction of sp³-hybridized carbons (Fsp3) is 0.296. The van der Waals surface area contributed by atoms with Crippen LogP contribution in [0.1, 0.15) is 59.1 Å². The van der Waals surface area contributed by atoms with Crippen LogP contribution >= 0.6 is 0 Å². The molecule has 0 aliphatic carbocycles. The van der Waals surface area contributed by atoms with Gasteiger partial charge in [0.05, 0.1) is 9.79 Å². The largest absolute Gasteiger partial charge is 0.506 e. The Morgan fingerprint density at radius 1 is 0.879 bits per heavy atom. The molecule has 0 heterocycles. The van der Waals surface area contributed by atoms with Gasteiger partial charge in [-0.3, -0.25) is 0 Å². The number of nitrogens with zero attached hydrogens (tertiary/aromatic N) is 1. The third-order valence-electron chi connectivity index (χ3n) is 3.79. The highest BCUT2D eigenvalue weighted by molar-refractivity contribution is 7.91. The summed E-state index contributed by atoms with van der Waals surface area (Å²) in [7, 11) is -3.69. The fourth-order valence-electron chi connectivity index (χ4n) is 2.40. The average Bonchev–Trinajstić information content (AvgIpc) is 2.83. The van der Waals surface area contributed by atoms with Crippen molar-refractivity contribution in [3.63, 3.8) is 0 Å². The minimum atomic E-state index is -3.69. The number of aromatic hydroxyl groups is 1. The van der Waals surface area contributed by atoms with Crippen molar-refractivity contribution in [2.45, 2.75) is 64.7 Å². The van der Waals surface area contributed by atoms with Gasteiger partial charge in [0.1, 0.15) is 28.9 Å². The summed E-state index contributed by atoms with van der Waals surface area (Å²) in [4.78, 5) is 0.271. The minimum Gasteiger partial charge on any atom is -0.506 e. The lowest BCUT2D eigenvalue weighted by Crippen LogP contribution is -2.02. The van der Waals surface area contributed by atoms with E-state index in [0.29, 0.717) is 0 Å². The average molecular weight is 470 g/mol. The van der Waals surface area contributed by atoms with Gasteiger partial charge in [-0.15, -0.1) is 0 Å². The Morgan fingerprint density at radius 2 is 1.42 bits per heavy atom. The molecule has 33 heavy (non-hydrogen) atoms. The predicted molar refractivity (Wildman–Crippen MR) is 135 cm³/mol. The molecule has 0 amide bonds. The van der Waals surface area contributed by atoms with Gasteiger partial charge in [0.15, 0.2) is 0 Å². The van der Waals surface area contributed by atoms with Gasteiger partial charge in [-0.1, -0.05) is 77.8 Å². The number of phenols is 1. The molecule has 0 radical (unpaired) electrons. The first kappa shape index (κ1) is 29.7. The molecule has 0 spiro atoms. The minimum absolute atomic E-state index is 0.0145. The van der Waals surface area contributed by atoms with Crippen LogP contribution in [0.4, 0.5) is 0 Å². The lowest BCUT2D eigenvalue weighted by molar-refractivity contribution is 0.451. The summed E-state index contributed by atoms with van der Waals surface area (Å²) in [5.41, 5.74) is 0.952. The quantitative estimate of drug-likeness (QED) is 0.423. The lowest BCUT2D eigenvalue weighted by atomic mass is 10.2. The summed E-state index contributed by atoms with van der Waals surface area (Å²) in [5, 5.41) is 18.9. The zero-order valence-corrected chi connectivity index (χ0v) is 21.4. The van der Waals surface area contributed by atoms with Gasteiger partial charge in [0.2, 0.25) is 9.84 Å². The van der Waals surface area contributed by atoms with Gasteiger partial charge >= 0.3 is 0 Å². The maximum absolute atomic E-state index is 12.8. The van der Waals surface area contributed by atoms with Gasteiger partial charge in [-0.05, 0) is 49.4 Å². The Hall–Kier alpha value is -3.30. The number of hydrogen-bond donors (Lipinski definition) is 1. The number of ether oxygens (including phenoxy) is 1. The third kappa shape index (κ3) is 8.63. The van der Waals surface area contributed by atoms with E-state index in [0.717, 1.165) is 5.56 Å². The molecule has 3 rings (SSSR count). The SMILES string of the molecule is CC.CC.CCC.Cc1ccc(S(=O)(=O)c2cccc(Oc3cccc(O)c3C#N)c2)cc1. The highest BCUT2D eigenvalue weighted by atomic mass is 32.2. The molecule has 178 valence electrons. The second kappa shape index (κ2) is 15.5. The highest BCUT2D eigenvalue weighted by Crippen LogP contribution is 2.32. The molecule has 0 atom stereocenters. The predicted octanol–water partition coefficient (Wildman–Crippen LogP) is 7.67. The summed E-state index contributed by atoms with van der Waals surface area (Å²) in [6, 6.07) is 18.9. The number of nitriles is 1. The molecule has 0 saturated heterocycles. The maximum atomic E-state index is 12.8. The van der Waals surface area contributed by atoms with Gasteiger partial charge in [0.25, 0.3) is 0 Å². The van der Waals surface area contributed by atoms with Crippen molar-refractivity contribution in [2.75, 3.05) is 0 Å². The molecular formula is C27H35NO4S. The van der Waals surface area contributed by atoms with E-state index in [4.69, 9.17) is 10.00 Å². The van der Waals surface area contributed by atoms with Crippen LogP contribution in [0, 0.1) is 18.3 Å². The second-order valence-corrected chi connectivity index (χ2v) is 8.31. The number of hydrogen-bond acceptors (Lipinski definition) is 5. The van der Waals surface area contributed by atoms with Gasteiger partial charge in [0, 0.05) is 0 Å². The van der Waals surface area contributed by atoms with E-state index in [1.807, 2.05) is 40.7 Å². The zero-order chi connectivity index (χ0) is 25.4. The zero-order valence-electron chi connectivity index (χ0n) is 20.6. The van der Waals surface area contributed by atoms with Crippen LogP contribution in [0.2, 0.25) is 0 Å². The molecule has 0 unspecified atom stereocenters. The van der Waals surface area contributed by atoms with Crippen LogP contribution in [-0.4, -0.2) is 13.5 Å². The molecule has 0 fully saturated rings. The molecule has 0 aliphatic heterocycles. The molecule has 5 nitrogen and oxygen atoms in total. The second-order valence-electron chi connectivity index (χ2n) is 6.36. The Bertz CT molecular complexity index is 1120. The van der Waals surface area contributed by atoms with Crippen LogP contribution in [0.3, 0.4) is 0 Å². The number of rotatable bonds is 4. The monoisotopic (exact) mass is 469 g/mol. The van der Waals surface area contributed by atoms with E-state index < -0.39 is 9.84 Å². The lowest BCUT2D eigenvalue weighted by Gasteiger charge is -2.10. The smallest absolute Gasteiger partial charge is 0.206 e. The van der Waals surface area contributed by atoms with Crippen molar-refractivity contribution in [3.8, 4) is 23.3 Å². The standard InChI is InChI=1S/C20H15NO4S.C3H8.2C2H6/c1-14-8-10-16(11-9-14)26(23,24)17-5-2-4-15(12-17)25-20-7-3-6-19(22)18(20)13-21;1-3-2;2*1-2/h2-12,22H,1H3;3H2,1-2H3;2*1-2H3. The van der Waals surface area contributed by atoms with Crippen molar-refractivity contribution >= 4 is 9.84 Å². The molecule has 0 aliphatic rings. The van der Waals surface area contributed by atoms with E-state index in [2.05, 4.69) is 13.8 Å². The molecule has 1 N–H and O–H groups in total. The summed E-state index contributed by atoms with van der Waals surface area (Å²) in [6.07, 6.45) is 1.25. The Kier molecular flexibility index (Phi) is 13.9. The van der Waals surface area contributed by atoms with E-state index in [1.54, 1.807) is 42.5 Å². The first-order valence-corrected chi connectivity index (χ1v) is 12.6. The molecule has 0 bridgehead atoms. The van der Waals surface area contributed by atoms with Gasteiger partial charge in [-0.25, -0.2) is 8.42 Å². The first-order chi connectivity index (χ1) is 15.8. The van der Waals surface area contributed by atoms with Crippen molar-refractivity contribution in [1.29, 1.82) is 5.26 Å².